The van der Waals surface area contributed by atoms with Crippen LogP contribution in [0.15, 0.2) is 18.2 Å². The maximum atomic E-state index is 12.2. The number of phenolic OH excluding ortho intramolecular Hbond substituents is 1. The zero-order valence-electron chi connectivity index (χ0n) is 7.47. The number of aliphatic hydroxyl groups is 1. The van der Waals surface area contributed by atoms with Crippen molar-refractivity contribution in [1.29, 1.82) is 0 Å². The van der Waals surface area contributed by atoms with Gasteiger partial charge in [-0.2, -0.15) is 13.2 Å². The van der Waals surface area contributed by atoms with Crippen molar-refractivity contribution in [3.05, 3.63) is 29.3 Å². The van der Waals surface area contributed by atoms with Gasteiger partial charge in [0.1, 0.15) is 12.4 Å². The highest BCUT2D eigenvalue weighted by molar-refractivity contribution is 5.47. The minimum absolute atomic E-state index is 0.154. The highest BCUT2D eigenvalue weighted by Gasteiger charge is 2.30. The van der Waals surface area contributed by atoms with E-state index in [1.807, 2.05) is 0 Å². The molecule has 0 spiro atoms. The molecule has 1 aromatic carbocycles. The van der Waals surface area contributed by atoms with E-state index in [4.69, 9.17) is 5.11 Å². The number of alkyl halides is 3. The molecule has 0 aliphatic carbocycles. The molecule has 0 aromatic heterocycles. The monoisotopic (exact) mass is 216 g/mol. The van der Waals surface area contributed by atoms with Gasteiger partial charge in [0.2, 0.25) is 0 Å². The van der Waals surface area contributed by atoms with E-state index >= 15 is 0 Å². The number of phenols is 1. The van der Waals surface area contributed by atoms with Crippen LogP contribution < -0.4 is 0 Å². The second-order valence-electron chi connectivity index (χ2n) is 2.69. The van der Waals surface area contributed by atoms with Crippen molar-refractivity contribution >= 4 is 0 Å². The molecule has 2 N–H and O–H groups in total. The summed E-state index contributed by atoms with van der Waals surface area (Å²) in [7, 11) is 0. The van der Waals surface area contributed by atoms with E-state index < -0.39 is 18.3 Å². The van der Waals surface area contributed by atoms with E-state index in [0.29, 0.717) is 0 Å². The Morgan fingerprint density at radius 1 is 1.27 bits per heavy atom. The summed E-state index contributed by atoms with van der Waals surface area (Å²) < 4.78 is 36.7. The Hall–Kier alpha value is -1.67. The predicted molar refractivity (Wildman–Crippen MR) is 47.1 cm³/mol. The van der Waals surface area contributed by atoms with Gasteiger partial charge < -0.3 is 10.2 Å². The topological polar surface area (TPSA) is 40.5 Å². The average molecular weight is 216 g/mol. The van der Waals surface area contributed by atoms with Crippen LogP contribution in [0.3, 0.4) is 0 Å². The van der Waals surface area contributed by atoms with Gasteiger partial charge in [-0.1, -0.05) is 11.8 Å². The van der Waals surface area contributed by atoms with E-state index in [1.165, 1.54) is 0 Å². The highest BCUT2D eigenvalue weighted by Crippen LogP contribution is 2.31. The van der Waals surface area contributed by atoms with Gasteiger partial charge >= 0.3 is 6.18 Å². The van der Waals surface area contributed by atoms with Gasteiger partial charge in [-0.15, -0.1) is 0 Å². The van der Waals surface area contributed by atoms with Crippen LogP contribution in [0.5, 0.6) is 5.75 Å². The molecule has 0 heterocycles. The summed E-state index contributed by atoms with van der Waals surface area (Å²) in [5.74, 6) is 4.04. The third-order valence-corrected chi connectivity index (χ3v) is 1.63. The van der Waals surface area contributed by atoms with Gasteiger partial charge in [0.25, 0.3) is 0 Å². The van der Waals surface area contributed by atoms with Crippen molar-refractivity contribution in [2.24, 2.45) is 0 Å². The zero-order chi connectivity index (χ0) is 11.5. The number of halogens is 3. The van der Waals surface area contributed by atoms with E-state index in [1.54, 1.807) is 0 Å². The molecule has 80 valence electrons. The lowest BCUT2D eigenvalue weighted by atomic mass is 10.1. The first-order chi connectivity index (χ1) is 6.95. The van der Waals surface area contributed by atoms with E-state index in [2.05, 4.69) is 11.8 Å². The van der Waals surface area contributed by atoms with Crippen molar-refractivity contribution in [1.82, 2.24) is 0 Å². The van der Waals surface area contributed by atoms with Gasteiger partial charge in [-0.25, -0.2) is 0 Å². The normalized spacial score (nSPS) is 10.7. The maximum absolute atomic E-state index is 12.2. The van der Waals surface area contributed by atoms with Crippen LogP contribution in [0.4, 0.5) is 13.2 Å². The molecule has 1 aromatic rings. The molecule has 0 fully saturated rings. The highest BCUT2D eigenvalue weighted by atomic mass is 19.4. The number of benzene rings is 1. The Labute approximate surface area is 84.0 Å². The molecular weight excluding hydrogens is 209 g/mol. The van der Waals surface area contributed by atoms with E-state index in [0.717, 1.165) is 18.2 Å². The van der Waals surface area contributed by atoms with Crippen LogP contribution in [0.1, 0.15) is 11.1 Å². The van der Waals surface area contributed by atoms with Crippen molar-refractivity contribution in [2.45, 2.75) is 6.18 Å². The fourth-order valence-corrected chi connectivity index (χ4v) is 0.947. The summed E-state index contributed by atoms with van der Waals surface area (Å²) in [4.78, 5) is 0. The summed E-state index contributed by atoms with van der Waals surface area (Å²) in [6.07, 6.45) is -4.47. The third-order valence-electron chi connectivity index (χ3n) is 1.63. The fraction of sp³-hybridized carbons (Fsp3) is 0.200. The molecular formula is C10H7F3O2. The first-order valence-electron chi connectivity index (χ1n) is 3.95. The minimum atomic E-state index is -4.47. The second kappa shape index (κ2) is 4.24. The lowest BCUT2D eigenvalue weighted by molar-refractivity contribution is -0.137. The summed E-state index contributed by atoms with van der Waals surface area (Å²) in [5.41, 5.74) is -1.04. The number of hydrogen-bond acceptors (Lipinski definition) is 2. The van der Waals surface area contributed by atoms with Crippen LogP contribution in [0.2, 0.25) is 0 Å². The third kappa shape index (κ3) is 2.89. The number of aromatic hydroxyl groups is 1. The molecule has 0 saturated heterocycles. The first-order valence-corrected chi connectivity index (χ1v) is 3.95. The molecule has 0 radical (unpaired) electrons. The lowest BCUT2D eigenvalue weighted by Gasteiger charge is -2.07. The molecule has 1 rings (SSSR count). The number of rotatable bonds is 0. The molecule has 5 heteroatoms. The molecule has 0 unspecified atom stereocenters. The molecule has 0 aliphatic rings. The summed E-state index contributed by atoms with van der Waals surface area (Å²) in [6.45, 7) is -0.477. The molecule has 0 aliphatic heterocycles. The van der Waals surface area contributed by atoms with Crippen molar-refractivity contribution in [3.63, 3.8) is 0 Å². The Kier molecular flexibility index (Phi) is 3.22. The van der Waals surface area contributed by atoms with Crippen LogP contribution in [0.25, 0.3) is 0 Å². The molecule has 0 amide bonds. The largest absolute Gasteiger partial charge is 0.507 e. The van der Waals surface area contributed by atoms with Crippen molar-refractivity contribution < 1.29 is 23.4 Å². The number of aliphatic hydroxyl groups excluding tert-OH is 1. The van der Waals surface area contributed by atoms with Crippen LogP contribution >= 0.6 is 0 Å². The first kappa shape index (κ1) is 11.4. The summed E-state index contributed by atoms with van der Waals surface area (Å²) >= 11 is 0. The smallest absolute Gasteiger partial charge is 0.416 e. The Morgan fingerprint density at radius 3 is 2.47 bits per heavy atom. The Bertz CT molecular complexity index is 413. The molecule has 0 saturated carbocycles. The van der Waals surface area contributed by atoms with Gasteiger partial charge in [-0.3, -0.25) is 0 Å². The van der Waals surface area contributed by atoms with Crippen LogP contribution in [-0.2, 0) is 6.18 Å². The van der Waals surface area contributed by atoms with Gasteiger partial charge in [0.15, 0.2) is 0 Å². The fourth-order valence-electron chi connectivity index (χ4n) is 0.947. The predicted octanol–water partition coefficient (Wildman–Crippen LogP) is 1.75. The lowest BCUT2D eigenvalue weighted by Crippen LogP contribution is -2.04. The standard InChI is InChI=1S/C10H7F3O2/c11-10(12,13)8-3-4-9(15)7(6-8)2-1-5-14/h3-4,6,14-15H,5H2. The second-order valence-corrected chi connectivity index (χ2v) is 2.69. The summed E-state index contributed by atoms with van der Waals surface area (Å²) in [6, 6.07) is 2.42. The zero-order valence-corrected chi connectivity index (χ0v) is 7.47. The minimum Gasteiger partial charge on any atom is -0.507 e. The van der Waals surface area contributed by atoms with Crippen molar-refractivity contribution in [3.8, 4) is 17.6 Å². The Morgan fingerprint density at radius 2 is 1.93 bits per heavy atom. The van der Waals surface area contributed by atoms with Gasteiger partial charge in [0, 0.05) is 0 Å². The van der Waals surface area contributed by atoms with Crippen LogP contribution in [0, 0.1) is 11.8 Å². The molecule has 2 nitrogen and oxygen atoms in total. The summed E-state index contributed by atoms with van der Waals surface area (Å²) in [5, 5.41) is 17.5. The van der Waals surface area contributed by atoms with Crippen LogP contribution in [-0.4, -0.2) is 16.8 Å². The molecule has 0 atom stereocenters. The van der Waals surface area contributed by atoms with E-state index in [-0.39, 0.29) is 11.3 Å². The van der Waals surface area contributed by atoms with E-state index in [9.17, 15) is 18.3 Å². The van der Waals surface area contributed by atoms with Crippen molar-refractivity contribution in [2.75, 3.05) is 6.61 Å². The number of hydrogen-bond donors (Lipinski definition) is 2. The molecule has 0 bridgehead atoms. The maximum Gasteiger partial charge on any atom is 0.416 e. The quantitative estimate of drug-likeness (QED) is 0.648. The Balaban J connectivity index is 3.17. The van der Waals surface area contributed by atoms with Gasteiger partial charge in [0.05, 0.1) is 11.1 Å². The van der Waals surface area contributed by atoms with Gasteiger partial charge in [-0.05, 0) is 18.2 Å². The SMILES string of the molecule is OCC#Cc1cc(C(F)(F)F)ccc1O. The molecule has 15 heavy (non-hydrogen) atoms. The average Bonchev–Trinajstić information content (AvgIpc) is 2.15.